The highest BCUT2D eigenvalue weighted by molar-refractivity contribution is 5.65. The maximum Gasteiger partial charge on any atom is 0.405 e. The van der Waals surface area contributed by atoms with Gasteiger partial charge in [-0.3, -0.25) is 0 Å². The number of benzene rings is 1. The van der Waals surface area contributed by atoms with Gasteiger partial charge in [-0.15, -0.1) is 0 Å². The molecular formula is C12H16N2O2. The molecule has 0 saturated carbocycles. The van der Waals surface area contributed by atoms with E-state index in [2.05, 4.69) is 10.2 Å². The topological polar surface area (TPSA) is 52.6 Å². The third-order valence-electron chi connectivity index (χ3n) is 2.89. The zero-order valence-electron chi connectivity index (χ0n) is 9.10. The van der Waals surface area contributed by atoms with Crippen LogP contribution in [-0.4, -0.2) is 35.7 Å². The Morgan fingerprint density at radius 3 is 2.56 bits per heavy atom. The molecular weight excluding hydrogens is 204 g/mol. The molecule has 1 aliphatic rings. The molecule has 4 nitrogen and oxygen atoms in total. The van der Waals surface area contributed by atoms with Crippen molar-refractivity contribution in [1.29, 1.82) is 0 Å². The SMILES string of the molecule is O=C(O)NC(CN1CCC1)c1ccccc1. The lowest BCUT2D eigenvalue weighted by molar-refractivity contribution is 0.151. The summed E-state index contributed by atoms with van der Waals surface area (Å²) in [7, 11) is 0. The van der Waals surface area contributed by atoms with Gasteiger partial charge in [0, 0.05) is 6.54 Å². The lowest BCUT2D eigenvalue weighted by Gasteiger charge is -2.34. The van der Waals surface area contributed by atoms with Crippen LogP contribution < -0.4 is 5.32 Å². The maximum atomic E-state index is 10.7. The zero-order valence-corrected chi connectivity index (χ0v) is 9.10. The van der Waals surface area contributed by atoms with Crippen molar-refractivity contribution in [3.63, 3.8) is 0 Å². The fourth-order valence-corrected chi connectivity index (χ4v) is 1.89. The van der Waals surface area contributed by atoms with Crippen molar-refractivity contribution >= 4 is 6.09 Å². The number of likely N-dealkylation sites (tertiary alicyclic amines) is 1. The molecule has 1 aliphatic heterocycles. The number of nitrogens with one attached hydrogen (secondary N) is 1. The predicted octanol–water partition coefficient (Wildman–Crippen LogP) is 1.70. The van der Waals surface area contributed by atoms with E-state index in [0.717, 1.165) is 25.2 Å². The Morgan fingerprint density at radius 2 is 2.06 bits per heavy atom. The first-order valence-electron chi connectivity index (χ1n) is 5.52. The summed E-state index contributed by atoms with van der Waals surface area (Å²) in [5.41, 5.74) is 1.02. The molecule has 4 heteroatoms. The lowest BCUT2D eigenvalue weighted by Crippen LogP contribution is -2.44. The molecule has 0 spiro atoms. The van der Waals surface area contributed by atoms with Gasteiger partial charge in [-0.25, -0.2) is 4.79 Å². The van der Waals surface area contributed by atoms with Crippen LogP contribution in [0.25, 0.3) is 0 Å². The summed E-state index contributed by atoms with van der Waals surface area (Å²) in [6, 6.07) is 9.59. The smallest absolute Gasteiger partial charge is 0.405 e. The van der Waals surface area contributed by atoms with Crippen molar-refractivity contribution in [3.8, 4) is 0 Å². The summed E-state index contributed by atoms with van der Waals surface area (Å²) in [5.74, 6) is 0. The van der Waals surface area contributed by atoms with Crippen LogP contribution in [0.1, 0.15) is 18.0 Å². The second kappa shape index (κ2) is 4.99. The molecule has 1 fully saturated rings. The van der Waals surface area contributed by atoms with Gasteiger partial charge in [0.05, 0.1) is 6.04 Å². The number of carboxylic acid groups (broad SMARTS) is 1. The van der Waals surface area contributed by atoms with Crippen molar-refractivity contribution in [2.24, 2.45) is 0 Å². The van der Waals surface area contributed by atoms with Crippen molar-refractivity contribution in [3.05, 3.63) is 35.9 Å². The number of rotatable bonds is 4. The van der Waals surface area contributed by atoms with Crippen LogP contribution in [0.4, 0.5) is 4.79 Å². The summed E-state index contributed by atoms with van der Waals surface area (Å²) in [4.78, 5) is 13.0. The number of amides is 1. The Balaban J connectivity index is 2.04. The van der Waals surface area contributed by atoms with E-state index in [1.54, 1.807) is 0 Å². The van der Waals surface area contributed by atoms with Crippen LogP contribution in [0.5, 0.6) is 0 Å². The minimum Gasteiger partial charge on any atom is -0.465 e. The van der Waals surface area contributed by atoms with Crippen molar-refractivity contribution in [2.45, 2.75) is 12.5 Å². The van der Waals surface area contributed by atoms with Gasteiger partial charge in [0.15, 0.2) is 0 Å². The molecule has 0 bridgehead atoms. The predicted molar refractivity (Wildman–Crippen MR) is 61.4 cm³/mol. The van der Waals surface area contributed by atoms with Gasteiger partial charge in [-0.1, -0.05) is 30.3 Å². The van der Waals surface area contributed by atoms with E-state index in [9.17, 15) is 4.79 Å². The van der Waals surface area contributed by atoms with Crippen LogP contribution in [0.15, 0.2) is 30.3 Å². The lowest BCUT2D eigenvalue weighted by atomic mass is 10.0. The number of hydrogen-bond donors (Lipinski definition) is 2. The first-order chi connectivity index (χ1) is 7.75. The number of hydrogen-bond acceptors (Lipinski definition) is 2. The molecule has 1 atom stereocenters. The van der Waals surface area contributed by atoms with E-state index in [4.69, 9.17) is 5.11 Å². The molecule has 1 heterocycles. The average Bonchev–Trinajstić information content (AvgIpc) is 2.22. The van der Waals surface area contributed by atoms with E-state index in [-0.39, 0.29) is 6.04 Å². The summed E-state index contributed by atoms with van der Waals surface area (Å²) < 4.78 is 0. The van der Waals surface area contributed by atoms with E-state index in [1.807, 2.05) is 30.3 Å². The van der Waals surface area contributed by atoms with Crippen LogP contribution in [0.3, 0.4) is 0 Å². The Kier molecular flexibility index (Phi) is 3.41. The minimum atomic E-state index is -0.964. The fraction of sp³-hybridized carbons (Fsp3) is 0.417. The Bertz CT molecular complexity index is 349. The Labute approximate surface area is 94.9 Å². The molecule has 1 amide bonds. The van der Waals surface area contributed by atoms with Gasteiger partial charge in [0.25, 0.3) is 0 Å². The van der Waals surface area contributed by atoms with Gasteiger partial charge in [-0.05, 0) is 25.1 Å². The molecule has 0 radical (unpaired) electrons. The highest BCUT2D eigenvalue weighted by Crippen LogP contribution is 2.17. The Hall–Kier alpha value is -1.55. The van der Waals surface area contributed by atoms with Gasteiger partial charge in [0.2, 0.25) is 0 Å². The molecule has 86 valence electrons. The minimum absolute atomic E-state index is 0.126. The van der Waals surface area contributed by atoms with Crippen LogP contribution >= 0.6 is 0 Å². The molecule has 0 aromatic heterocycles. The van der Waals surface area contributed by atoms with E-state index in [1.165, 1.54) is 6.42 Å². The summed E-state index contributed by atoms with van der Waals surface area (Å²) in [6.45, 7) is 2.91. The third kappa shape index (κ3) is 2.73. The van der Waals surface area contributed by atoms with Gasteiger partial charge < -0.3 is 15.3 Å². The largest absolute Gasteiger partial charge is 0.465 e. The normalized spacial score (nSPS) is 17.5. The summed E-state index contributed by atoms with van der Waals surface area (Å²) in [6.07, 6.45) is 0.253. The Morgan fingerprint density at radius 1 is 1.38 bits per heavy atom. The number of nitrogens with zero attached hydrogens (tertiary/aromatic N) is 1. The molecule has 1 unspecified atom stereocenters. The maximum absolute atomic E-state index is 10.7. The fourth-order valence-electron chi connectivity index (χ4n) is 1.89. The molecule has 16 heavy (non-hydrogen) atoms. The second-order valence-electron chi connectivity index (χ2n) is 4.07. The average molecular weight is 220 g/mol. The van der Waals surface area contributed by atoms with Crippen LogP contribution in [0.2, 0.25) is 0 Å². The molecule has 0 aliphatic carbocycles. The second-order valence-corrected chi connectivity index (χ2v) is 4.07. The van der Waals surface area contributed by atoms with Crippen LogP contribution in [0, 0.1) is 0 Å². The molecule has 1 aromatic carbocycles. The summed E-state index contributed by atoms with van der Waals surface area (Å²) in [5, 5.41) is 11.4. The first kappa shape index (κ1) is 11.0. The van der Waals surface area contributed by atoms with E-state index < -0.39 is 6.09 Å². The molecule has 2 N–H and O–H groups in total. The zero-order chi connectivity index (χ0) is 11.4. The molecule has 2 rings (SSSR count). The molecule has 1 saturated heterocycles. The molecule has 1 aromatic rings. The van der Waals surface area contributed by atoms with Gasteiger partial charge in [0.1, 0.15) is 0 Å². The van der Waals surface area contributed by atoms with Gasteiger partial charge in [-0.2, -0.15) is 0 Å². The van der Waals surface area contributed by atoms with E-state index in [0.29, 0.717) is 0 Å². The third-order valence-corrected chi connectivity index (χ3v) is 2.89. The highest BCUT2D eigenvalue weighted by Gasteiger charge is 2.21. The van der Waals surface area contributed by atoms with Crippen molar-refractivity contribution in [2.75, 3.05) is 19.6 Å². The van der Waals surface area contributed by atoms with Crippen molar-refractivity contribution < 1.29 is 9.90 Å². The quantitative estimate of drug-likeness (QED) is 0.812. The highest BCUT2D eigenvalue weighted by atomic mass is 16.4. The van der Waals surface area contributed by atoms with Crippen molar-refractivity contribution in [1.82, 2.24) is 10.2 Å². The monoisotopic (exact) mass is 220 g/mol. The van der Waals surface area contributed by atoms with Gasteiger partial charge >= 0.3 is 6.09 Å². The van der Waals surface area contributed by atoms with Crippen LogP contribution in [-0.2, 0) is 0 Å². The first-order valence-corrected chi connectivity index (χ1v) is 5.52. The summed E-state index contributed by atoms with van der Waals surface area (Å²) >= 11 is 0. The van der Waals surface area contributed by atoms with E-state index >= 15 is 0 Å². The standard InChI is InChI=1S/C12H16N2O2/c15-12(16)13-11(9-14-7-4-8-14)10-5-2-1-3-6-10/h1-3,5-6,11,13H,4,7-9H2,(H,15,16). The number of carbonyl (C=O) groups is 1.